The minimum atomic E-state index is -0.862. The molecular weight excluding hydrogens is 218 g/mol. The summed E-state index contributed by atoms with van der Waals surface area (Å²) in [7, 11) is 0. The Balaban J connectivity index is 2.31. The van der Waals surface area contributed by atoms with Crippen molar-refractivity contribution in [3.05, 3.63) is 35.4 Å². The molecule has 0 unspecified atom stereocenters. The molecular formula is C10H12F2N2O2. The number of ether oxygens (including phenoxy) is 1. The Labute approximate surface area is 91.4 Å². The Bertz CT molecular complexity index is 372. The summed E-state index contributed by atoms with van der Waals surface area (Å²) in [6, 6.07) is 3.22. The molecule has 0 spiro atoms. The normalized spacial score (nSPS) is 10.1. The van der Waals surface area contributed by atoms with Crippen LogP contribution in [0.25, 0.3) is 0 Å². The Morgan fingerprint density at radius 1 is 1.44 bits per heavy atom. The van der Waals surface area contributed by atoms with Gasteiger partial charge in [-0.05, 0) is 18.2 Å². The fraction of sp³-hybridized carbons (Fsp3) is 0.300. The predicted molar refractivity (Wildman–Crippen MR) is 53.6 cm³/mol. The summed E-state index contributed by atoms with van der Waals surface area (Å²) in [5.41, 5.74) is 4.95. The molecule has 6 heteroatoms. The summed E-state index contributed by atoms with van der Waals surface area (Å²) >= 11 is 0. The number of amides is 1. The molecule has 1 rings (SSSR count). The maximum absolute atomic E-state index is 13.1. The molecule has 4 nitrogen and oxygen atoms in total. The number of rotatable bonds is 5. The van der Waals surface area contributed by atoms with E-state index in [1.165, 1.54) is 0 Å². The standard InChI is InChI=1S/C10H12F2N2O2/c11-8-1-2-9(12)7(5-8)6-14-3-4-16-10(13)15/h1-2,5,14H,3-4,6H2,(H2,13,15). The maximum atomic E-state index is 13.1. The highest BCUT2D eigenvalue weighted by Gasteiger charge is 2.03. The van der Waals surface area contributed by atoms with Gasteiger partial charge in [-0.3, -0.25) is 0 Å². The van der Waals surface area contributed by atoms with Crippen LogP contribution in [-0.2, 0) is 11.3 Å². The third-order valence-corrected chi connectivity index (χ3v) is 1.85. The van der Waals surface area contributed by atoms with E-state index in [-0.39, 0.29) is 18.7 Å². The zero-order valence-corrected chi connectivity index (χ0v) is 8.50. The summed E-state index contributed by atoms with van der Waals surface area (Å²) < 4.78 is 30.3. The molecule has 0 aliphatic carbocycles. The van der Waals surface area contributed by atoms with E-state index < -0.39 is 17.7 Å². The van der Waals surface area contributed by atoms with Crippen LogP contribution in [0.5, 0.6) is 0 Å². The van der Waals surface area contributed by atoms with E-state index in [1.807, 2.05) is 0 Å². The number of halogens is 2. The van der Waals surface area contributed by atoms with Crippen molar-refractivity contribution in [3.63, 3.8) is 0 Å². The Morgan fingerprint density at radius 3 is 2.88 bits per heavy atom. The molecule has 0 aliphatic rings. The molecule has 0 aromatic heterocycles. The number of carbonyl (C=O) groups excluding carboxylic acids is 1. The zero-order chi connectivity index (χ0) is 12.0. The van der Waals surface area contributed by atoms with Crippen LogP contribution in [0.4, 0.5) is 13.6 Å². The first-order valence-electron chi connectivity index (χ1n) is 4.66. The monoisotopic (exact) mass is 230 g/mol. The van der Waals surface area contributed by atoms with Crippen LogP contribution in [-0.4, -0.2) is 19.2 Å². The quantitative estimate of drug-likeness (QED) is 0.746. The molecule has 0 aliphatic heterocycles. The lowest BCUT2D eigenvalue weighted by atomic mass is 10.2. The van der Waals surface area contributed by atoms with Crippen molar-refractivity contribution >= 4 is 6.09 Å². The lowest BCUT2D eigenvalue weighted by Gasteiger charge is -2.06. The van der Waals surface area contributed by atoms with Crippen LogP contribution >= 0.6 is 0 Å². The molecule has 0 saturated heterocycles. The van der Waals surface area contributed by atoms with Gasteiger partial charge >= 0.3 is 6.09 Å². The highest BCUT2D eigenvalue weighted by atomic mass is 19.1. The number of benzene rings is 1. The van der Waals surface area contributed by atoms with Gasteiger partial charge < -0.3 is 15.8 Å². The van der Waals surface area contributed by atoms with Gasteiger partial charge in [0.1, 0.15) is 18.2 Å². The van der Waals surface area contributed by atoms with E-state index in [2.05, 4.69) is 10.1 Å². The Kier molecular flexibility index (Phi) is 4.65. The first kappa shape index (κ1) is 12.4. The van der Waals surface area contributed by atoms with Gasteiger partial charge in [-0.2, -0.15) is 0 Å². The van der Waals surface area contributed by atoms with Crippen LogP contribution in [0.2, 0.25) is 0 Å². The lowest BCUT2D eigenvalue weighted by Crippen LogP contribution is -2.23. The fourth-order valence-electron chi connectivity index (χ4n) is 1.13. The van der Waals surface area contributed by atoms with Gasteiger partial charge in [0.15, 0.2) is 0 Å². The van der Waals surface area contributed by atoms with E-state index in [0.717, 1.165) is 18.2 Å². The summed E-state index contributed by atoms with van der Waals surface area (Å²) in [5, 5.41) is 2.79. The summed E-state index contributed by atoms with van der Waals surface area (Å²) in [6.07, 6.45) is -0.862. The molecule has 1 aromatic carbocycles. The predicted octanol–water partition coefficient (Wildman–Crippen LogP) is 1.15. The van der Waals surface area contributed by atoms with Gasteiger partial charge in [-0.25, -0.2) is 13.6 Å². The Hall–Kier alpha value is -1.69. The zero-order valence-electron chi connectivity index (χ0n) is 8.50. The molecule has 0 atom stereocenters. The van der Waals surface area contributed by atoms with Crippen molar-refractivity contribution in [2.45, 2.75) is 6.54 Å². The number of nitrogens with one attached hydrogen (secondary N) is 1. The number of nitrogens with two attached hydrogens (primary N) is 1. The molecule has 16 heavy (non-hydrogen) atoms. The van der Waals surface area contributed by atoms with Gasteiger partial charge in [0, 0.05) is 18.7 Å². The first-order chi connectivity index (χ1) is 7.59. The highest BCUT2D eigenvalue weighted by molar-refractivity contribution is 5.64. The third kappa shape index (κ3) is 4.22. The van der Waals surface area contributed by atoms with Gasteiger partial charge in [0.05, 0.1) is 0 Å². The van der Waals surface area contributed by atoms with Crippen LogP contribution in [0, 0.1) is 11.6 Å². The number of hydrogen-bond donors (Lipinski definition) is 2. The average Bonchev–Trinajstić information content (AvgIpc) is 2.22. The average molecular weight is 230 g/mol. The second kappa shape index (κ2) is 6.02. The van der Waals surface area contributed by atoms with Crippen molar-refractivity contribution in [2.24, 2.45) is 5.73 Å². The molecule has 88 valence electrons. The van der Waals surface area contributed by atoms with Crippen molar-refractivity contribution < 1.29 is 18.3 Å². The van der Waals surface area contributed by atoms with Crippen molar-refractivity contribution in [1.82, 2.24) is 5.32 Å². The summed E-state index contributed by atoms with van der Waals surface area (Å²) in [6.45, 7) is 0.566. The smallest absolute Gasteiger partial charge is 0.404 e. The van der Waals surface area contributed by atoms with Crippen LogP contribution in [0.15, 0.2) is 18.2 Å². The van der Waals surface area contributed by atoms with E-state index >= 15 is 0 Å². The number of primary amides is 1. The second-order valence-corrected chi connectivity index (χ2v) is 3.08. The molecule has 0 heterocycles. The minimum Gasteiger partial charge on any atom is -0.448 e. The molecule has 0 fully saturated rings. The fourth-order valence-corrected chi connectivity index (χ4v) is 1.13. The second-order valence-electron chi connectivity index (χ2n) is 3.08. The molecule has 0 radical (unpaired) electrons. The van der Waals surface area contributed by atoms with E-state index in [4.69, 9.17) is 5.73 Å². The SMILES string of the molecule is NC(=O)OCCNCc1cc(F)ccc1F. The van der Waals surface area contributed by atoms with Crippen molar-refractivity contribution in [1.29, 1.82) is 0 Å². The number of hydrogen-bond acceptors (Lipinski definition) is 3. The largest absolute Gasteiger partial charge is 0.448 e. The highest BCUT2D eigenvalue weighted by Crippen LogP contribution is 2.08. The molecule has 0 bridgehead atoms. The van der Waals surface area contributed by atoms with E-state index in [0.29, 0.717) is 6.54 Å². The molecule has 0 saturated carbocycles. The molecule has 1 aromatic rings. The van der Waals surface area contributed by atoms with Gasteiger partial charge in [-0.15, -0.1) is 0 Å². The van der Waals surface area contributed by atoms with Crippen LogP contribution in [0.3, 0.4) is 0 Å². The lowest BCUT2D eigenvalue weighted by molar-refractivity contribution is 0.157. The van der Waals surface area contributed by atoms with Gasteiger partial charge in [0.2, 0.25) is 0 Å². The molecule has 1 amide bonds. The topological polar surface area (TPSA) is 64.4 Å². The summed E-state index contributed by atoms with van der Waals surface area (Å²) in [5.74, 6) is -0.976. The maximum Gasteiger partial charge on any atom is 0.404 e. The van der Waals surface area contributed by atoms with Gasteiger partial charge in [-0.1, -0.05) is 0 Å². The van der Waals surface area contributed by atoms with Crippen LogP contribution in [0.1, 0.15) is 5.56 Å². The summed E-state index contributed by atoms with van der Waals surface area (Å²) in [4.78, 5) is 10.2. The molecule has 3 N–H and O–H groups in total. The van der Waals surface area contributed by atoms with Gasteiger partial charge in [0.25, 0.3) is 0 Å². The number of carbonyl (C=O) groups is 1. The van der Waals surface area contributed by atoms with Crippen molar-refractivity contribution in [3.8, 4) is 0 Å². The van der Waals surface area contributed by atoms with E-state index in [1.54, 1.807) is 0 Å². The minimum absolute atomic E-state index is 0.0896. The van der Waals surface area contributed by atoms with Crippen molar-refractivity contribution in [2.75, 3.05) is 13.2 Å². The Morgan fingerprint density at radius 2 is 2.19 bits per heavy atom. The van der Waals surface area contributed by atoms with E-state index in [9.17, 15) is 13.6 Å². The van der Waals surface area contributed by atoms with Crippen LogP contribution < -0.4 is 11.1 Å². The third-order valence-electron chi connectivity index (χ3n) is 1.85. The first-order valence-corrected chi connectivity index (χ1v) is 4.66.